The van der Waals surface area contributed by atoms with Gasteiger partial charge in [0.25, 0.3) is 0 Å². The Morgan fingerprint density at radius 1 is 1.21 bits per heavy atom. The molecular weight excluding hydrogens is 368 g/mol. The molecule has 0 bridgehead atoms. The summed E-state index contributed by atoms with van der Waals surface area (Å²) in [4.78, 5) is 6.83. The summed E-state index contributed by atoms with van der Waals surface area (Å²) in [6.07, 6.45) is 4.22. The number of nitrogens with one attached hydrogen (secondary N) is 2. The number of aliphatic imine (C=N–C) groups is 1. The summed E-state index contributed by atoms with van der Waals surface area (Å²) in [5, 5.41) is 6.82. The highest BCUT2D eigenvalue weighted by atomic mass is 16.5. The molecule has 158 valence electrons. The molecule has 0 aliphatic carbocycles. The fourth-order valence-corrected chi connectivity index (χ4v) is 3.64. The number of likely N-dealkylation sites (tertiary alicyclic amines) is 1. The van der Waals surface area contributed by atoms with Crippen LogP contribution in [0.2, 0.25) is 0 Å². The number of hydrogen-bond donors (Lipinski definition) is 2. The van der Waals surface area contributed by atoms with Crippen molar-refractivity contribution >= 4 is 5.96 Å². The summed E-state index contributed by atoms with van der Waals surface area (Å²) in [7, 11) is 3.44. The van der Waals surface area contributed by atoms with Crippen molar-refractivity contribution in [1.29, 1.82) is 0 Å². The van der Waals surface area contributed by atoms with Crippen molar-refractivity contribution in [2.45, 2.75) is 32.4 Å². The molecule has 2 heterocycles. The Bertz CT molecular complexity index is 770. The molecule has 1 aromatic carbocycles. The maximum absolute atomic E-state index is 5.69. The second kappa shape index (κ2) is 10.8. The van der Waals surface area contributed by atoms with Gasteiger partial charge in [0.1, 0.15) is 5.76 Å². The van der Waals surface area contributed by atoms with Gasteiger partial charge < -0.3 is 24.5 Å². The third-order valence-electron chi connectivity index (χ3n) is 5.13. The lowest BCUT2D eigenvalue weighted by Gasteiger charge is -2.26. The third-order valence-corrected chi connectivity index (χ3v) is 5.13. The number of benzene rings is 1. The Morgan fingerprint density at radius 2 is 2.03 bits per heavy atom. The fraction of sp³-hybridized carbons (Fsp3) is 0.500. The molecule has 0 radical (unpaired) electrons. The molecule has 2 N–H and O–H groups in total. The van der Waals surface area contributed by atoms with E-state index in [-0.39, 0.29) is 6.04 Å². The summed E-state index contributed by atoms with van der Waals surface area (Å²) in [6, 6.07) is 10.2. The van der Waals surface area contributed by atoms with Crippen molar-refractivity contribution < 1.29 is 13.9 Å². The second-order valence-corrected chi connectivity index (χ2v) is 7.00. The topological polar surface area (TPSA) is 71.3 Å². The molecule has 1 unspecified atom stereocenters. The van der Waals surface area contributed by atoms with Crippen LogP contribution in [0.3, 0.4) is 0 Å². The SMILES string of the molecule is CCOc1ccc(CNC(=NC)NCC(c2ccco2)N2CCCC2)cc1OC. The lowest BCUT2D eigenvalue weighted by Crippen LogP contribution is -2.42. The molecule has 0 spiro atoms. The minimum Gasteiger partial charge on any atom is -0.493 e. The summed E-state index contributed by atoms with van der Waals surface area (Å²) in [5.74, 6) is 3.24. The Hall–Kier alpha value is -2.67. The van der Waals surface area contributed by atoms with E-state index in [1.807, 2.05) is 37.3 Å². The van der Waals surface area contributed by atoms with Crippen LogP contribution in [0.1, 0.15) is 37.1 Å². The monoisotopic (exact) mass is 400 g/mol. The maximum Gasteiger partial charge on any atom is 0.191 e. The number of nitrogens with zero attached hydrogens (tertiary/aromatic N) is 2. The van der Waals surface area contributed by atoms with E-state index in [0.717, 1.165) is 48.4 Å². The van der Waals surface area contributed by atoms with E-state index >= 15 is 0 Å². The number of ether oxygens (including phenoxy) is 2. The maximum atomic E-state index is 5.69. The van der Waals surface area contributed by atoms with Crippen LogP contribution in [0.4, 0.5) is 0 Å². The lowest BCUT2D eigenvalue weighted by atomic mass is 10.2. The molecule has 7 nitrogen and oxygen atoms in total. The highest BCUT2D eigenvalue weighted by Crippen LogP contribution is 2.28. The van der Waals surface area contributed by atoms with E-state index in [0.29, 0.717) is 13.2 Å². The average molecular weight is 401 g/mol. The smallest absolute Gasteiger partial charge is 0.191 e. The van der Waals surface area contributed by atoms with Gasteiger partial charge in [-0.2, -0.15) is 0 Å². The standard InChI is InChI=1S/C22H32N4O3/c1-4-28-20-10-9-17(14-21(20)27-3)15-24-22(23-2)25-16-18(19-8-7-13-29-19)26-11-5-6-12-26/h7-10,13-14,18H,4-6,11-12,15-16H2,1-3H3,(H2,23,24,25). The van der Waals surface area contributed by atoms with E-state index < -0.39 is 0 Å². The summed E-state index contributed by atoms with van der Waals surface area (Å²) in [6.45, 7) is 6.15. The van der Waals surface area contributed by atoms with Gasteiger partial charge in [0.05, 0.1) is 26.0 Å². The van der Waals surface area contributed by atoms with E-state index in [1.54, 1.807) is 20.4 Å². The number of methoxy groups -OCH3 is 1. The molecule has 3 rings (SSSR count). The zero-order chi connectivity index (χ0) is 20.5. The van der Waals surface area contributed by atoms with Gasteiger partial charge in [-0.05, 0) is 62.7 Å². The molecule has 0 saturated carbocycles. The van der Waals surface area contributed by atoms with Gasteiger partial charge in [-0.15, -0.1) is 0 Å². The highest BCUT2D eigenvalue weighted by Gasteiger charge is 2.25. The van der Waals surface area contributed by atoms with Gasteiger partial charge in [-0.1, -0.05) is 6.07 Å². The summed E-state index contributed by atoms with van der Waals surface area (Å²) in [5.41, 5.74) is 1.09. The van der Waals surface area contributed by atoms with Gasteiger partial charge >= 0.3 is 0 Å². The molecule has 1 aliphatic heterocycles. The average Bonchev–Trinajstić information content (AvgIpc) is 3.46. The first kappa shape index (κ1) is 21.0. The zero-order valence-electron chi connectivity index (χ0n) is 17.6. The number of rotatable bonds is 9. The minimum atomic E-state index is 0.205. The Balaban J connectivity index is 1.57. The predicted molar refractivity (Wildman–Crippen MR) is 115 cm³/mol. The molecule has 1 aliphatic rings. The van der Waals surface area contributed by atoms with Crippen LogP contribution in [0, 0.1) is 0 Å². The van der Waals surface area contributed by atoms with Crippen molar-refractivity contribution in [2.75, 3.05) is 40.4 Å². The van der Waals surface area contributed by atoms with Crippen molar-refractivity contribution in [1.82, 2.24) is 15.5 Å². The van der Waals surface area contributed by atoms with Crippen molar-refractivity contribution in [3.63, 3.8) is 0 Å². The van der Waals surface area contributed by atoms with Crippen LogP contribution in [-0.2, 0) is 6.54 Å². The summed E-state index contributed by atoms with van der Waals surface area (Å²) < 4.78 is 16.7. The number of guanidine groups is 1. The first-order valence-corrected chi connectivity index (χ1v) is 10.3. The van der Waals surface area contributed by atoms with Crippen molar-refractivity contribution in [3.8, 4) is 11.5 Å². The third kappa shape index (κ3) is 5.67. The Kier molecular flexibility index (Phi) is 7.81. The molecule has 1 atom stereocenters. The lowest BCUT2D eigenvalue weighted by molar-refractivity contribution is 0.215. The van der Waals surface area contributed by atoms with Gasteiger partial charge in [-0.3, -0.25) is 9.89 Å². The van der Waals surface area contributed by atoms with Gasteiger partial charge in [0.2, 0.25) is 0 Å². The molecule has 2 aromatic rings. The zero-order valence-corrected chi connectivity index (χ0v) is 17.6. The molecule has 1 fully saturated rings. The van der Waals surface area contributed by atoms with E-state index in [1.165, 1.54) is 12.8 Å². The van der Waals surface area contributed by atoms with Crippen LogP contribution in [0.15, 0.2) is 46.0 Å². The first-order valence-electron chi connectivity index (χ1n) is 10.3. The largest absolute Gasteiger partial charge is 0.493 e. The highest BCUT2D eigenvalue weighted by molar-refractivity contribution is 5.79. The predicted octanol–water partition coefficient (Wildman–Crippen LogP) is 3.19. The van der Waals surface area contributed by atoms with Crippen LogP contribution < -0.4 is 20.1 Å². The van der Waals surface area contributed by atoms with Crippen molar-refractivity contribution in [2.24, 2.45) is 4.99 Å². The van der Waals surface area contributed by atoms with E-state index in [9.17, 15) is 0 Å². The Labute approximate surface area is 173 Å². The van der Waals surface area contributed by atoms with Crippen LogP contribution >= 0.6 is 0 Å². The normalized spacial score (nSPS) is 15.9. The molecule has 0 amide bonds. The summed E-state index contributed by atoms with van der Waals surface area (Å²) >= 11 is 0. The Morgan fingerprint density at radius 3 is 2.69 bits per heavy atom. The van der Waals surface area contributed by atoms with E-state index in [4.69, 9.17) is 13.9 Å². The van der Waals surface area contributed by atoms with Gasteiger partial charge in [0.15, 0.2) is 17.5 Å². The number of furan rings is 1. The van der Waals surface area contributed by atoms with E-state index in [2.05, 4.69) is 20.5 Å². The molecule has 1 saturated heterocycles. The van der Waals surface area contributed by atoms with Crippen LogP contribution in [-0.4, -0.2) is 51.3 Å². The molecule has 7 heteroatoms. The number of hydrogen-bond acceptors (Lipinski definition) is 5. The van der Waals surface area contributed by atoms with Crippen LogP contribution in [0.5, 0.6) is 11.5 Å². The molecule has 29 heavy (non-hydrogen) atoms. The van der Waals surface area contributed by atoms with Crippen molar-refractivity contribution in [3.05, 3.63) is 47.9 Å². The molecule has 1 aromatic heterocycles. The minimum absolute atomic E-state index is 0.205. The van der Waals surface area contributed by atoms with Gasteiger partial charge in [0, 0.05) is 20.1 Å². The quantitative estimate of drug-likeness (QED) is 0.498. The second-order valence-electron chi connectivity index (χ2n) is 7.00. The van der Waals surface area contributed by atoms with Gasteiger partial charge in [-0.25, -0.2) is 0 Å². The molecular formula is C22H32N4O3. The fourth-order valence-electron chi connectivity index (χ4n) is 3.64. The van der Waals surface area contributed by atoms with Crippen LogP contribution in [0.25, 0.3) is 0 Å². The first-order chi connectivity index (χ1) is 14.2.